The van der Waals surface area contributed by atoms with Gasteiger partial charge in [0, 0.05) is 5.56 Å². The maximum atomic E-state index is 13.7. The molecule has 0 unspecified atom stereocenters. The Balaban J connectivity index is 1.66. The minimum absolute atomic E-state index is 0.0327. The molecule has 0 spiro atoms. The topological polar surface area (TPSA) is 105 Å². The fourth-order valence-corrected chi connectivity index (χ4v) is 4.97. The van der Waals surface area contributed by atoms with Gasteiger partial charge in [0.1, 0.15) is 33.2 Å². The zero-order valence-corrected chi connectivity index (χ0v) is 21.0. The quantitative estimate of drug-likeness (QED) is 0.207. The third kappa shape index (κ3) is 4.34. The van der Waals surface area contributed by atoms with Crippen molar-refractivity contribution in [3.63, 3.8) is 0 Å². The average molecular weight is 516 g/mol. The molecule has 5 rings (SSSR count). The maximum Gasteiger partial charge on any atom is 0.375 e. The Morgan fingerprint density at radius 2 is 1.73 bits per heavy atom. The highest BCUT2D eigenvalue weighted by Crippen LogP contribution is 2.35. The summed E-state index contributed by atoms with van der Waals surface area (Å²) in [4.78, 5) is 44.0. The Labute approximate surface area is 215 Å². The molecule has 0 fully saturated rings. The van der Waals surface area contributed by atoms with Gasteiger partial charge in [-0.15, -0.1) is 11.3 Å². The monoisotopic (exact) mass is 515 g/mol. The van der Waals surface area contributed by atoms with E-state index in [0.29, 0.717) is 21.8 Å². The van der Waals surface area contributed by atoms with E-state index in [2.05, 4.69) is 4.98 Å². The number of hydrogen-bond donors (Lipinski definition) is 0. The Morgan fingerprint density at radius 1 is 0.973 bits per heavy atom. The van der Waals surface area contributed by atoms with E-state index in [1.165, 1.54) is 30.6 Å². The number of aryl methyl sites for hydroxylation is 1. The summed E-state index contributed by atoms with van der Waals surface area (Å²) in [6.45, 7) is 3.40. The number of para-hydroxylation sites is 2. The van der Waals surface area contributed by atoms with Gasteiger partial charge in [-0.1, -0.05) is 24.3 Å². The number of esters is 2. The van der Waals surface area contributed by atoms with Crippen LogP contribution in [-0.2, 0) is 4.74 Å². The van der Waals surface area contributed by atoms with E-state index in [1.54, 1.807) is 38.1 Å². The lowest BCUT2D eigenvalue weighted by Gasteiger charge is -2.13. The van der Waals surface area contributed by atoms with Gasteiger partial charge in [-0.25, -0.2) is 14.6 Å². The molecule has 0 N–H and O–H groups in total. The second-order valence-electron chi connectivity index (χ2n) is 8.00. The van der Waals surface area contributed by atoms with Crippen LogP contribution in [0.5, 0.6) is 11.5 Å². The SMILES string of the molecule is CCOC(=O)c1oc2c(C)c(OC(=O)c3ccccc3OC)ccc2c(=O)c1-c1nc2ccccc2s1. The van der Waals surface area contributed by atoms with Crippen LogP contribution >= 0.6 is 11.3 Å². The number of carbonyl (C=O) groups is 2. The highest BCUT2D eigenvalue weighted by molar-refractivity contribution is 7.21. The Morgan fingerprint density at radius 3 is 2.49 bits per heavy atom. The van der Waals surface area contributed by atoms with E-state index in [9.17, 15) is 14.4 Å². The Bertz CT molecular complexity index is 1700. The van der Waals surface area contributed by atoms with Crippen LogP contribution in [-0.4, -0.2) is 30.6 Å². The largest absolute Gasteiger partial charge is 0.496 e. The Kier molecular flexibility index (Phi) is 6.45. The molecule has 0 aliphatic rings. The number of benzene rings is 3. The normalized spacial score (nSPS) is 11.0. The van der Waals surface area contributed by atoms with E-state index < -0.39 is 17.4 Å². The molecule has 0 aliphatic carbocycles. The first-order valence-electron chi connectivity index (χ1n) is 11.4. The van der Waals surface area contributed by atoms with Gasteiger partial charge in [0.05, 0.1) is 29.3 Å². The standard InChI is InChI=1S/C28H21NO7S/c1-4-34-28(32)25-22(26-29-18-10-6-8-12-21(18)37-26)23(30)17-13-14-19(15(2)24(17)36-25)35-27(31)16-9-5-7-11-20(16)33-3/h5-14H,4H2,1-3H3. The van der Waals surface area contributed by atoms with E-state index >= 15 is 0 Å². The molecule has 8 nitrogen and oxygen atoms in total. The van der Waals surface area contributed by atoms with Crippen molar-refractivity contribution in [2.75, 3.05) is 13.7 Å². The van der Waals surface area contributed by atoms with Gasteiger partial charge in [0.15, 0.2) is 0 Å². The van der Waals surface area contributed by atoms with Crippen molar-refractivity contribution in [2.24, 2.45) is 0 Å². The summed E-state index contributed by atoms with van der Waals surface area (Å²) in [5.74, 6) is -1.14. The van der Waals surface area contributed by atoms with Crippen LogP contribution in [0.1, 0.15) is 33.4 Å². The van der Waals surface area contributed by atoms with E-state index in [4.69, 9.17) is 18.6 Å². The van der Waals surface area contributed by atoms with Crippen LogP contribution in [0, 0.1) is 6.92 Å². The number of methoxy groups -OCH3 is 1. The molecule has 186 valence electrons. The number of aromatic nitrogens is 1. The molecule has 0 aliphatic heterocycles. The van der Waals surface area contributed by atoms with Crippen LogP contribution in [0.15, 0.2) is 69.9 Å². The molecule has 37 heavy (non-hydrogen) atoms. The summed E-state index contributed by atoms with van der Waals surface area (Å²) in [6, 6.07) is 17.1. The molecule has 0 amide bonds. The van der Waals surface area contributed by atoms with Crippen LogP contribution < -0.4 is 14.9 Å². The smallest absolute Gasteiger partial charge is 0.375 e. The molecule has 0 radical (unpaired) electrons. The zero-order chi connectivity index (χ0) is 26.1. The molecule has 9 heteroatoms. The minimum Gasteiger partial charge on any atom is -0.496 e. The fraction of sp³-hybridized carbons (Fsp3) is 0.143. The molecule has 0 saturated heterocycles. The number of thiazole rings is 1. The van der Waals surface area contributed by atoms with Crippen LogP contribution in [0.4, 0.5) is 0 Å². The molecule has 0 bridgehead atoms. The number of carbonyl (C=O) groups excluding carboxylic acids is 2. The number of fused-ring (bicyclic) bond motifs is 2. The summed E-state index contributed by atoms with van der Waals surface area (Å²) in [5.41, 5.74) is 1.03. The lowest BCUT2D eigenvalue weighted by molar-refractivity contribution is 0.0491. The third-order valence-electron chi connectivity index (χ3n) is 5.76. The predicted octanol–water partition coefficient (Wildman–Crippen LogP) is 5.78. The summed E-state index contributed by atoms with van der Waals surface area (Å²) in [7, 11) is 1.46. The first-order chi connectivity index (χ1) is 17.9. The van der Waals surface area contributed by atoms with Crippen molar-refractivity contribution >= 4 is 44.5 Å². The molecule has 5 aromatic rings. The molecule has 2 aromatic heterocycles. The molecular formula is C28H21NO7S. The van der Waals surface area contributed by atoms with E-state index in [-0.39, 0.29) is 40.2 Å². The van der Waals surface area contributed by atoms with Gasteiger partial charge in [0.2, 0.25) is 11.2 Å². The predicted molar refractivity (Wildman–Crippen MR) is 140 cm³/mol. The minimum atomic E-state index is -0.786. The first kappa shape index (κ1) is 24.2. The fourth-order valence-electron chi connectivity index (χ4n) is 3.97. The second-order valence-corrected chi connectivity index (χ2v) is 9.03. The highest BCUT2D eigenvalue weighted by Gasteiger charge is 2.27. The first-order valence-corrected chi connectivity index (χ1v) is 12.2. The molecule has 0 saturated carbocycles. The molecular weight excluding hydrogens is 494 g/mol. The van der Waals surface area contributed by atoms with Crippen LogP contribution in [0.3, 0.4) is 0 Å². The molecule has 2 heterocycles. The van der Waals surface area contributed by atoms with Gasteiger partial charge in [0.25, 0.3) is 0 Å². The van der Waals surface area contributed by atoms with Gasteiger partial charge in [-0.2, -0.15) is 0 Å². The third-order valence-corrected chi connectivity index (χ3v) is 6.81. The molecule has 3 aromatic carbocycles. The Hall–Kier alpha value is -4.50. The van der Waals surface area contributed by atoms with Crippen molar-refractivity contribution < 1.29 is 28.2 Å². The van der Waals surface area contributed by atoms with E-state index in [1.807, 2.05) is 24.3 Å². The van der Waals surface area contributed by atoms with Crippen molar-refractivity contribution in [2.45, 2.75) is 13.8 Å². The number of rotatable bonds is 6. The second kappa shape index (κ2) is 9.87. The number of hydrogen-bond acceptors (Lipinski definition) is 9. The number of ether oxygens (including phenoxy) is 3. The zero-order valence-electron chi connectivity index (χ0n) is 20.2. The van der Waals surface area contributed by atoms with Crippen LogP contribution in [0.2, 0.25) is 0 Å². The lowest BCUT2D eigenvalue weighted by atomic mass is 10.1. The lowest BCUT2D eigenvalue weighted by Crippen LogP contribution is -2.16. The van der Waals surface area contributed by atoms with Gasteiger partial charge in [-0.05, 0) is 50.2 Å². The highest BCUT2D eigenvalue weighted by atomic mass is 32.1. The van der Waals surface area contributed by atoms with Crippen molar-refractivity contribution in [3.8, 4) is 22.1 Å². The van der Waals surface area contributed by atoms with Crippen molar-refractivity contribution in [1.29, 1.82) is 0 Å². The van der Waals surface area contributed by atoms with Crippen LogP contribution in [0.25, 0.3) is 31.8 Å². The van der Waals surface area contributed by atoms with Gasteiger partial charge >= 0.3 is 11.9 Å². The molecule has 0 atom stereocenters. The van der Waals surface area contributed by atoms with Crippen molar-refractivity contribution in [3.05, 3.63) is 87.8 Å². The average Bonchev–Trinajstić information content (AvgIpc) is 3.34. The van der Waals surface area contributed by atoms with E-state index in [0.717, 1.165) is 4.70 Å². The summed E-state index contributed by atoms with van der Waals surface area (Å²) in [5, 5.41) is 0.570. The summed E-state index contributed by atoms with van der Waals surface area (Å²) >= 11 is 1.28. The summed E-state index contributed by atoms with van der Waals surface area (Å²) in [6.07, 6.45) is 0. The summed E-state index contributed by atoms with van der Waals surface area (Å²) < 4.78 is 22.9. The van der Waals surface area contributed by atoms with Crippen molar-refractivity contribution in [1.82, 2.24) is 4.98 Å². The van der Waals surface area contributed by atoms with Gasteiger partial charge in [-0.3, -0.25) is 4.79 Å². The maximum absolute atomic E-state index is 13.7. The number of nitrogens with zero attached hydrogens (tertiary/aromatic N) is 1. The van der Waals surface area contributed by atoms with Gasteiger partial charge < -0.3 is 18.6 Å².